The average molecular weight is 475 g/mol. The number of hydrogen-bond acceptors (Lipinski definition) is 8. The molecule has 182 valence electrons. The van der Waals surface area contributed by atoms with Crippen molar-refractivity contribution >= 4 is 5.78 Å². The Labute approximate surface area is 205 Å². The van der Waals surface area contributed by atoms with Crippen molar-refractivity contribution < 1.29 is 19.0 Å². The lowest BCUT2D eigenvalue weighted by atomic mass is 9.72. The summed E-state index contributed by atoms with van der Waals surface area (Å²) in [4.78, 5) is 13.8. The molecule has 0 saturated heterocycles. The molecule has 1 aliphatic heterocycles. The Morgan fingerprint density at radius 2 is 1.63 bits per heavy atom. The number of rotatable bonds is 6. The van der Waals surface area contributed by atoms with Crippen molar-refractivity contribution in [2.45, 2.75) is 24.7 Å². The molecule has 2 N–H and O–H groups in total. The number of ketones is 1. The lowest BCUT2D eigenvalue weighted by molar-refractivity contribution is -0.117. The number of carbonyl (C=O) groups excluding carboxylic acids is 1. The first-order valence-electron chi connectivity index (χ1n) is 11.3. The monoisotopic (exact) mass is 474 g/mol. The minimum absolute atomic E-state index is 0.00838. The second-order valence-corrected chi connectivity index (χ2v) is 8.76. The zero-order chi connectivity index (χ0) is 25.3. The summed E-state index contributed by atoms with van der Waals surface area (Å²) in [5, 5.41) is 13.8. The molecule has 0 amide bonds. The Hall–Kier alpha value is -3.96. The summed E-state index contributed by atoms with van der Waals surface area (Å²) in [7, 11) is 8.30. The van der Waals surface area contributed by atoms with E-state index in [1.807, 2.05) is 49.4 Å². The smallest absolute Gasteiger partial charge is 0.203 e. The molecule has 1 aliphatic carbocycles. The third-order valence-electron chi connectivity index (χ3n) is 6.63. The first-order valence-corrected chi connectivity index (χ1v) is 11.3. The Morgan fingerprint density at radius 3 is 2.14 bits per heavy atom. The van der Waals surface area contributed by atoms with Crippen LogP contribution in [0.3, 0.4) is 0 Å². The van der Waals surface area contributed by atoms with Crippen molar-refractivity contribution in [1.29, 1.82) is 5.26 Å². The fourth-order valence-electron chi connectivity index (χ4n) is 5.13. The van der Waals surface area contributed by atoms with Gasteiger partial charge in [-0.3, -0.25) is 9.80 Å². The number of nitrogens with zero attached hydrogens (tertiary/aromatic N) is 3. The van der Waals surface area contributed by atoms with Crippen LogP contribution in [0.5, 0.6) is 17.2 Å². The van der Waals surface area contributed by atoms with Crippen LogP contribution in [0.25, 0.3) is 0 Å². The predicted octanol–water partition coefficient (Wildman–Crippen LogP) is 3.68. The number of allylic oxidation sites excluding steroid dienone is 3. The molecule has 0 aromatic heterocycles. The van der Waals surface area contributed by atoms with Crippen LogP contribution in [0, 0.1) is 11.3 Å². The van der Waals surface area contributed by atoms with Gasteiger partial charge in [0.2, 0.25) is 5.75 Å². The minimum Gasteiger partial charge on any atom is -0.493 e. The maximum atomic E-state index is 13.8. The first kappa shape index (κ1) is 24.2. The summed E-state index contributed by atoms with van der Waals surface area (Å²) in [5.41, 5.74) is 10.1. The van der Waals surface area contributed by atoms with E-state index in [4.69, 9.17) is 19.9 Å². The zero-order valence-electron chi connectivity index (χ0n) is 20.7. The molecule has 8 nitrogen and oxygen atoms in total. The highest BCUT2D eigenvalue weighted by Crippen LogP contribution is 2.50. The standard InChI is InChI=1S/C27H30N4O4/c1-30(2)31-20-11-17(16-9-7-6-8-10-16)12-21(32)25(20)24(19(15-28)27(31)29)18-13-22(33-3)26(35-5)23(14-18)34-4/h6-10,13-14,17,24H,11-12,29H2,1-5H3. The summed E-state index contributed by atoms with van der Waals surface area (Å²) < 4.78 is 16.6. The summed E-state index contributed by atoms with van der Waals surface area (Å²) >= 11 is 0. The van der Waals surface area contributed by atoms with Gasteiger partial charge in [0, 0.05) is 31.8 Å². The van der Waals surface area contributed by atoms with Crippen molar-refractivity contribution in [2.24, 2.45) is 5.73 Å². The highest BCUT2D eigenvalue weighted by molar-refractivity contribution is 6.00. The van der Waals surface area contributed by atoms with E-state index >= 15 is 0 Å². The van der Waals surface area contributed by atoms with Crippen molar-refractivity contribution in [2.75, 3.05) is 35.4 Å². The van der Waals surface area contributed by atoms with E-state index in [0.29, 0.717) is 52.6 Å². The van der Waals surface area contributed by atoms with Gasteiger partial charge in [0.15, 0.2) is 17.3 Å². The van der Waals surface area contributed by atoms with Gasteiger partial charge in [0.25, 0.3) is 0 Å². The third kappa shape index (κ3) is 4.08. The van der Waals surface area contributed by atoms with E-state index in [-0.39, 0.29) is 11.7 Å². The van der Waals surface area contributed by atoms with Gasteiger partial charge in [-0.1, -0.05) is 30.3 Å². The molecular weight excluding hydrogens is 444 g/mol. The van der Waals surface area contributed by atoms with Crippen molar-refractivity contribution in [3.05, 3.63) is 76.3 Å². The van der Waals surface area contributed by atoms with Crippen molar-refractivity contribution in [3.8, 4) is 23.3 Å². The molecule has 0 fully saturated rings. The lowest BCUT2D eigenvalue weighted by Crippen LogP contribution is -2.46. The molecule has 0 radical (unpaired) electrons. The van der Waals surface area contributed by atoms with Crippen LogP contribution in [-0.4, -0.2) is 51.2 Å². The molecule has 0 saturated carbocycles. The van der Waals surface area contributed by atoms with Gasteiger partial charge in [-0.05, 0) is 35.6 Å². The van der Waals surface area contributed by atoms with Crippen LogP contribution in [0.15, 0.2) is 65.1 Å². The second-order valence-electron chi connectivity index (χ2n) is 8.76. The summed E-state index contributed by atoms with van der Waals surface area (Å²) in [6, 6.07) is 15.9. The van der Waals surface area contributed by atoms with Crippen LogP contribution >= 0.6 is 0 Å². The van der Waals surface area contributed by atoms with Crippen LogP contribution in [0.2, 0.25) is 0 Å². The average Bonchev–Trinajstić information content (AvgIpc) is 2.87. The number of hydrogen-bond donors (Lipinski definition) is 1. The molecule has 2 aromatic carbocycles. The number of hydrazine groups is 1. The van der Waals surface area contributed by atoms with Gasteiger partial charge in [-0.2, -0.15) is 5.26 Å². The molecule has 2 atom stereocenters. The fraction of sp³-hybridized carbons (Fsp3) is 0.333. The molecule has 2 aliphatic rings. The highest BCUT2D eigenvalue weighted by atomic mass is 16.5. The SMILES string of the molecule is COc1cc(C2C(C#N)=C(N)N(N(C)C)C3=C2C(=O)CC(c2ccccc2)C3)cc(OC)c1OC. The number of nitrogens with two attached hydrogens (primary N) is 1. The zero-order valence-corrected chi connectivity index (χ0v) is 20.7. The van der Waals surface area contributed by atoms with E-state index in [1.54, 1.807) is 17.1 Å². The number of ether oxygens (including phenoxy) is 3. The molecule has 0 bridgehead atoms. The van der Waals surface area contributed by atoms with Crippen LogP contribution in [0.1, 0.15) is 35.8 Å². The molecule has 2 unspecified atom stereocenters. The predicted molar refractivity (Wildman–Crippen MR) is 132 cm³/mol. The van der Waals surface area contributed by atoms with E-state index in [9.17, 15) is 10.1 Å². The van der Waals surface area contributed by atoms with Gasteiger partial charge >= 0.3 is 0 Å². The Morgan fingerprint density at radius 1 is 1.00 bits per heavy atom. The van der Waals surface area contributed by atoms with E-state index in [1.165, 1.54) is 21.3 Å². The normalized spacial score (nSPS) is 20.0. The number of methoxy groups -OCH3 is 3. The number of Topliss-reactive ketones (excluding diaryl/α,β-unsaturated/α-hetero) is 1. The second kappa shape index (κ2) is 9.72. The largest absolute Gasteiger partial charge is 0.493 e. The number of nitriles is 1. The molecule has 35 heavy (non-hydrogen) atoms. The van der Waals surface area contributed by atoms with E-state index in [0.717, 1.165) is 11.3 Å². The van der Waals surface area contributed by atoms with Crippen LogP contribution in [0.4, 0.5) is 0 Å². The quantitative estimate of drug-likeness (QED) is 0.677. The summed E-state index contributed by atoms with van der Waals surface area (Å²) in [5.74, 6) is 0.988. The summed E-state index contributed by atoms with van der Waals surface area (Å²) in [6.45, 7) is 0. The van der Waals surface area contributed by atoms with Gasteiger partial charge in [0.1, 0.15) is 5.82 Å². The Kier molecular flexibility index (Phi) is 6.72. The van der Waals surface area contributed by atoms with Crippen LogP contribution in [-0.2, 0) is 4.79 Å². The first-order chi connectivity index (χ1) is 16.9. The van der Waals surface area contributed by atoms with Gasteiger partial charge in [-0.15, -0.1) is 0 Å². The van der Waals surface area contributed by atoms with Crippen molar-refractivity contribution in [3.63, 3.8) is 0 Å². The number of carbonyl (C=O) groups is 1. The highest BCUT2D eigenvalue weighted by Gasteiger charge is 2.43. The van der Waals surface area contributed by atoms with Gasteiger partial charge < -0.3 is 19.9 Å². The topological polar surface area (TPSA) is 101 Å². The van der Waals surface area contributed by atoms with E-state index in [2.05, 4.69) is 6.07 Å². The van der Waals surface area contributed by atoms with Gasteiger partial charge in [0.05, 0.1) is 38.9 Å². The fourth-order valence-corrected chi connectivity index (χ4v) is 5.13. The molecule has 8 heteroatoms. The molecule has 2 aromatic rings. The number of benzene rings is 2. The molecule has 4 rings (SSSR count). The minimum atomic E-state index is -0.649. The maximum Gasteiger partial charge on any atom is 0.203 e. The maximum absolute atomic E-state index is 13.8. The van der Waals surface area contributed by atoms with Crippen molar-refractivity contribution in [1.82, 2.24) is 10.0 Å². The molecule has 1 heterocycles. The Balaban J connectivity index is 1.94. The third-order valence-corrected chi connectivity index (χ3v) is 6.63. The lowest BCUT2D eigenvalue weighted by Gasteiger charge is -2.44. The summed E-state index contributed by atoms with van der Waals surface area (Å²) in [6.07, 6.45) is 0.966. The molecular formula is C27H30N4O4. The van der Waals surface area contributed by atoms with Crippen LogP contribution < -0.4 is 19.9 Å². The Bertz CT molecular complexity index is 1220. The van der Waals surface area contributed by atoms with Gasteiger partial charge in [-0.25, -0.2) is 5.01 Å². The van der Waals surface area contributed by atoms with E-state index < -0.39 is 5.92 Å². The molecule has 0 spiro atoms.